The molecule has 0 unspecified atom stereocenters. The van der Waals surface area contributed by atoms with E-state index in [-0.39, 0.29) is 23.9 Å². The lowest BCUT2D eigenvalue weighted by atomic mass is 9.60. The Morgan fingerprint density at radius 2 is 2.05 bits per heavy atom. The third-order valence-corrected chi connectivity index (χ3v) is 4.26. The molecule has 110 valence electrons. The standard InChI is InChI=1S/C15H26O4/c1-11(16)6-7-12-14(2,3)13(17)8-9-15(12,4)19-10-18-5/h6-7,12-13,17H,8-10H2,1-5H3/b7-6+/t12-,13-,15-/m1/s1. The molecule has 0 radical (unpaired) electrons. The van der Waals surface area contributed by atoms with E-state index in [0.717, 1.165) is 6.42 Å². The van der Waals surface area contributed by atoms with E-state index >= 15 is 0 Å². The Morgan fingerprint density at radius 3 is 2.58 bits per heavy atom. The first kappa shape index (κ1) is 16.3. The smallest absolute Gasteiger partial charge is 0.152 e. The third kappa shape index (κ3) is 3.65. The maximum absolute atomic E-state index is 11.2. The Labute approximate surface area is 115 Å². The highest BCUT2D eigenvalue weighted by molar-refractivity contribution is 5.87. The van der Waals surface area contributed by atoms with Crippen molar-refractivity contribution in [2.24, 2.45) is 11.3 Å². The van der Waals surface area contributed by atoms with Crippen molar-refractivity contribution in [2.75, 3.05) is 13.9 Å². The molecular weight excluding hydrogens is 244 g/mol. The van der Waals surface area contributed by atoms with Crippen LogP contribution >= 0.6 is 0 Å². The molecule has 0 aliphatic heterocycles. The van der Waals surface area contributed by atoms with Crippen LogP contribution in [0.2, 0.25) is 0 Å². The average molecular weight is 270 g/mol. The number of aliphatic hydroxyl groups is 1. The summed E-state index contributed by atoms with van der Waals surface area (Å²) < 4.78 is 10.9. The van der Waals surface area contributed by atoms with E-state index in [1.54, 1.807) is 13.2 Å². The first-order valence-corrected chi connectivity index (χ1v) is 6.74. The quantitative estimate of drug-likeness (QED) is 0.615. The summed E-state index contributed by atoms with van der Waals surface area (Å²) in [4.78, 5) is 11.2. The van der Waals surface area contributed by atoms with Crippen LogP contribution in [0.3, 0.4) is 0 Å². The molecule has 4 nitrogen and oxygen atoms in total. The van der Waals surface area contributed by atoms with Gasteiger partial charge >= 0.3 is 0 Å². The second-order valence-corrected chi connectivity index (χ2v) is 6.19. The van der Waals surface area contributed by atoms with Crippen LogP contribution in [0, 0.1) is 11.3 Å². The first-order valence-electron chi connectivity index (χ1n) is 6.74. The normalized spacial score (nSPS) is 34.6. The zero-order valence-corrected chi connectivity index (χ0v) is 12.6. The van der Waals surface area contributed by atoms with Gasteiger partial charge in [0.2, 0.25) is 0 Å². The molecule has 0 heterocycles. The summed E-state index contributed by atoms with van der Waals surface area (Å²) in [6.45, 7) is 7.79. The summed E-state index contributed by atoms with van der Waals surface area (Å²) in [5.41, 5.74) is -0.766. The molecule has 1 fully saturated rings. The fraction of sp³-hybridized carbons (Fsp3) is 0.800. The van der Waals surface area contributed by atoms with Crippen molar-refractivity contribution in [2.45, 2.75) is 52.2 Å². The van der Waals surface area contributed by atoms with Crippen molar-refractivity contribution in [3.8, 4) is 0 Å². The summed E-state index contributed by atoms with van der Waals surface area (Å²) in [5.74, 6) is -0.0345. The van der Waals surface area contributed by atoms with Crippen LogP contribution in [-0.2, 0) is 14.3 Å². The molecule has 1 aliphatic rings. The van der Waals surface area contributed by atoms with Gasteiger partial charge in [-0.2, -0.15) is 0 Å². The maximum Gasteiger partial charge on any atom is 0.152 e. The van der Waals surface area contributed by atoms with Crippen LogP contribution < -0.4 is 0 Å². The molecule has 3 atom stereocenters. The summed E-state index contributed by atoms with van der Waals surface area (Å²) in [7, 11) is 1.59. The number of aliphatic hydroxyl groups excluding tert-OH is 1. The van der Waals surface area contributed by atoms with Crippen LogP contribution in [0.1, 0.15) is 40.5 Å². The molecular formula is C15H26O4. The molecule has 1 rings (SSSR count). The van der Waals surface area contributed by atoms with Crippen molar-refractivity contribution >= 4 is 5.78 Å². The molecule has 0 aromatic rings. The van der Waals surface area contributed by atoms with Gasteiger partial charge in [-0.1, -0.05) is 19.9 Å². The van der Waals surface area contributed by atoms with Gasteiger partial charge < -0.3 is 14.6 Å². The van der Waals surface area contributed by atoms with Crippen molar-refractivity contribution in [3.05, 3.63) is 12.2 Å². The number of methoxy groups -OCH3 is 1. The van der Waals surface area contributed by atoms with E-state index < -0.39 is 11.7 Å². The van der Waals surface area contributed by atoms with E-state index in [1.807, 2.05) is 26.8 Å². The summed E-state index contributed by atoms with van der Waals surface area (Å²) in [6.07, 6.45) is 4.48. The Bertz CT molecular complexity index is 344. The second kappa shape index (κ2) is 6.16. The molecule has 0 amide bonds. The number of rotatable bonds is 5. The minimum Gasteiger partial charge on any atom is -0.393 e. The highest BCUT2D eigenvalue weighted by Gasteiger charge is 2.50. The zero-order valence-electron chi connectivity index (χ0n) is 12.6. The topological polar surface area (TPSA) is 55.8 Å². The fourth-order valence-corrected chi connectivity index (χ4v) is 2.98. The van der Waals surface area contributed by atoms with Crippen LogP contribution in [0.4, 0.5) is 0 Å². The number of ether oxygens (including phenoxy) is 2. The molecule has 1 N–H and O–H groups in total. The molecule has 0 bridgehead atoms. The van der Waals surface area contributed by atoms with Gasteiger partial charge in [0.25, 0.3) is 0 Å². The van der Waals surface area contributed by atoms with E-state index in [1.165, 1.54) is 6.92 Å². The van der Waals surface area contributed by atoms with Gasteiger partial charge in [0.15, 0.2) is 5.78 Å². The van der Waals surface area contributed by atoms with Gasteiger partial charge in [-0.3, -0.25) is 4.79 Å². The molecule has 0 aromatic heterocycles. The molecule has 1 saturated carbocycles. The number of hydrogen-bond acceptors (Lipinski definition) is 4. The van der Waals surface area contributed by atoms with Crippen LogP contribution in [-0.4, -0.2) is 36.5 Å². The van der Waals surface area contributed by atoms with E-state index in [9.17, 15) is 9.90 Å². The minimum atomic E-state index is -0.426. The largest absolute Gasteiger partial charge is 0.393 e. The number of ketones is 1. The number of carbonyl (C=O) groups is 1. The average Bonchev–Trinajstić information content (AvgIpc) is 2.31. The van der Waals surface area contributed by atoms with Crippen LogP contribution in [0.25, 0.3) is 0 Å². The van der Waals surface area contributed by atoms with Crippen LogP contribution in [0.15, 0.2) is 12.2 Å². The third-order valence-electron chi connectivity index (χ3n) is 4.26. The molecule has 0 spiro atoms. The van der Waals surface area contributed by atoms with Gasteiger partial charge in [0.05, 0.1) is 11.7 Å². The first-order chi connectivity index (χ1) is 8.74. The van der Waals surface area contributed by atoms with Crippen molar-refractivity contribution in [1.29, 1.82) is 0 Å². The van der Waals surface area contributed by atoms with Crippen LogP contribution in [0.5, 0.6) is 0 Å². The van der Waals surface area contributed by atoms with E-state index in [4.69, 9.17) is 9.47 Å². The maximum atomic E-state index is 11.2. The van der Waals surface area contributed by atoms with Gasteiger partial charge in [0.1, 0.15) is 6.79 Å². The molecule has 19 heavy (non-hydrogen) atoms. The Kier molecular flexibility index (Phi) is 5.30. The zero-order chi connectivity index (χ0) is 14.7. The second-order valence-electron chi connectivity index (χ2n) is 6.19. The van der Waals surface area contributed by atoms with Gasteiger partial charge in [0, 0.05) is 13.0 Å². The lowest BCUT2D eigenvalue weighted by Crippen LogP contribution is -2.54. The van der Waals surface area contributed by atoms with Crippen molar-refractivity contribution < 1.29 is 19.4 Å². The predicted octanol–water partition coefficient (Wildman–Crippen LogP) is 2.31. The van der Waals surface area contributed by atoms with Crippen molar-refractivity contribution in [3.63, 3.8) is 0 Å². The predicted molar refractivity (Wildman–Crippen MR) is 73.7 cm³/mol. The fourth-order valence-electron chi connectivity index (χ4n) is 2.98. The van der Waals surface area contributed by atoms with Gasteiger partial charge in [-0.25, -0.2) is 0 Å². The Hall–Kier alpha value is -0.710. The molecule has 4 heteroatoms. The SMILES string of the molecule is COCO[C@]1(C)CC[C@@H](O)C(C)(C)[C@H]1/C=C/C(C)=O. The number of carbonyl (C=O) groups excluding carboxylic acids is 1. The summed E-state index contributed by atoms with van der Waals surface area (Å²) in [5, 5.41) is 10.2. The monoisotopic (exact) mass is 270 g/mol. The number of allylic oxidation sites excluding steroid dienone is 1. The Balaban J connectivity index is 3.03. The molecule has 0 aromatic carbocycles. The lowest BCUT2D eigenvalue weighted by molar-refractivity contribution is -0.194. The highest BCUT2D eigenvalue weighted by Crippen LogP contribution is 2.48. The molecule has 0 saturated heterocycles. The Morgan fingerprint density at radius 1 is 1.42 bits per heavy atom. The lowest BCUT2D eigenvalue weighted by Gasteiger charge is -2.51. The van der Waals surface area contributed by atoms with E-state index in [2.05, 4.69) is 0 Å². The number of hydrogen-bond donors (Lipinski definition) is 1. The van der Waals surface area contributed by atoms with Gasteiger partial charge in [-0.15, -0.1) is 0 Å². The molecule has 1 aliphatic carbocycles. The summed E-state index contributed by atoms with van der Waals surface area (Å²) >= 11 is 0. The van der Waals surface area contributed by atoms with Crippen molar-refractivity contribution in [1.82, 2.24) is 0 Å². The highest BCUT2D eigenvalue weighted by atomic mass is 16.7. The van der Waals surface area contributed by atoms with E-state index in [0.29, 0.717) is 6.42 Å². The summed E-state index contributed by atoms with van der Waals surface area (Å²) in [6, 6.07) is 0. The minimum absolute atomic E-state index is 0.00459. The van der Waals surface area contributed by atoms with Gasteiger partial charge in [-0.05, 0) is 38.2 Å².